The SMILES string of the molecule is O.O.[CaH2].[NaH].[O]=[Nb]. The van der Waals surface area contributed by atoms with Crippen molar-refractivity contribution in [2.24, 2.45) is 0 Å². The van der Waals surface area contributed by atoms with Gasteiger partial charge in [0.1, 0.15) is 0 Å². The van der Waals surface area contributed by atoms with Crippen LogP contribution in [-0.4, -0.2) is 78.2 Å². The maximum absolute atomic E-state index is 8.30. The van der Waals surface area contributed by atoms with Crippen LogP contribution in [0.2, 0.25) is 0 Å². The minimum atomic E-state index is 0. The summed E-state index contributed by atoms with van der Waals surface area (Å²) < 4.78 is 8.30. The van der Waals surface area contributed by atoms with E-state index in [0.717, 1.165) is 0 Å². The molecule has 0 aromatic rings. The molecule has 33 valence electrons. The summed E-state index contributed by atoms with van der Waals surface area (Å²) in [6.45, 7) is 0. The fourth-order valence-corrected chi connectivity index (χ4v) is 0. The average molecular weight is 211 g/mol. The van der Waals surface area contributed by atoms with Crippen molar-refractivity contribution in [3.63, 3.8) is 0 Å². The molecule has 0 rings (SSSR count). The topological polar surface area (TPSA) is 80.1 Å². The third-order valence-electron chi connectivity index (χ3n) is 0. The van der Waals surface area contributed by atoms with Crippen LogP contribution < -0.4 is 0 Å². The Morgan fingerprint density at radius 3 is 1.00 bits per heavy atom. The van der Waals surface area contributed by atoms with Gasteiger partial charge in [0.2, 0.25) is 0 Å². The van der Waals surface area contributed by atoms with Gasteiger partial charge in [0.05, 0.1) is 0 Å². The Bertz CT molecular complexity index is 10.8. The molecule has 4 N–H and O–H groups in total. The van der Waals surface area contributed by atoms with Crippen molar-refractivity contribution >= 4 is 67.3 Å². The first-order valence-electron chi connectivity index (χ1n) is 0.183. The van der Waals surface area contributed by atoms with Gasteiger partial charge in [0.15, 0.2) is 0 Å². The van der Waals surface area contributed by atoms with Crippen molar-refractivity contribution in [3.05, 3.63) is 0 Å². The van der Waals surface area contributed by atoms with E-state index in [1.165, 1.54) is 0 Å². The Hall–Kier alpha value is 2.72. The van der Waals surface area contributed by atoms with Gasteiger partial charge in [-0.2, -0.15) is 0 Å². The quantitative estimate of drug-likeness (QED) is 0.386. The van der Waals surface area contributed by atoms with Gasteiger partial charge in [-0.15, -0.1) is 0 Å². The molecule has 6 heteroatoms. The summed E-state index contributed by atoms with van der Waals surface area (Å²) in [5.41, 5.74) is 0. The molecule has 0 aromatic carbocycles. The zero-order chi connectivity index (χ0) is 2.00. The van der Waals surface area contributed by atoms with Gasteiger partial charge in [-0.25, -0.2) is 0 Å². The Kier molecular flexibility index (Phi) is 295. The van der Waals surface area contributed by atoms with E-state index < -0.39 is 0 Å². The van der Waals surface area contributed by atoms with Crippen LogP contribution >= 0.6 is 0 Å². The van der Waals surface area contributed by atoms with Crippen LogP contribution in [-0.2, 0) is 24.3 Å². The molecule has 0 bridgehead atoms. The number of rotatable bonds is 0. The molecule has 0 unspecified atom stereocenters. The van der Waals surface area contributed by atoms with Gasteiger partial charge in [0, 0.05) is 0 Å². The predicted molar refractivity (Wildman–Crippen MR) is 23.6 cm³/mol. The first kappa shape index (κ1) is 37.6. The molecular weight excluding hydrogens is 204 g/mol. The average Bonchev–Trinajstić information content (AvgIpc) is 1.00. The van der Waals surface area contributed by atoms with E-state index in [0.29, 0.717) is 21.0 Å². The third kappa shape index (κ3) is 29.7. The second kappa shape index (κ2) is 47.1. The molecular formula is H7CaNaNbO3. The zero-order valence-corrected chi connectivity index (χ0v) is 4.05. The van der Waals surface area contributed by atoms with E-state index in [1.54, 1.807) is 0 Å². The number of hydrogen-bond acceptors (Lipinski definition) is 1. The standard InChI is InChI=1S/Ca.Na.Nb.2H2O.O.3H/h;;;2*1H2;;;;. The van der Waals surface area contributed by atoms with E-state index in [4.69, 9.17) is 3.25 Å². The molecule has 3 nitrogen and oxygen atoms in total. The molecule has 0 saturated carbocycles. The van der Waals surface area contributed by atoms with Crippen molar-refractivity contribution in [2.45, 2.75) is 0 Å². The first-order chi connectivity index (χ1) is 1.00. The van der Waals surface area contributed by atoms with Crippen LogP contribution in [0.1, 0.15) is 0 Å². The van der Waals surface area contributed by atoms with Gasteiger partial charge in [0.25, 0.3) is 0 Å². The molecule has 0 fully saturated rings. The molecule has 0 heterocycles. The number of hydrogen-bond donors (Lipinski definition) is 0. The van der Waals surface area contributed by atoms with E-state index in [1.807, 2.05) is 0 Å². The summed E-state index contributed by atoms with van der Waals surface area (Å²) >= 11 is 0.500. The van der Waals surface area contributed by atoms with Gasteiger partial charge < -0.3 is 11.0 Å². The second-order valence-electron chi connectivity index (χ2n) is 0. The monoisotopic (exact) mass is 211 g/mol. The van der Waals surface area contributed by atoms with Crippen LogP contribution in [0.15, 0.2) is 0 Å². The van der Waals surface area contributed by atoms with Crippen LogP contribution in [0.3, 0.4) is 0 Å². The second-order valence-corrected chi connectivity index (χ2v) is 0. The molecule has 0 aliphatic carbocycles. The van der Waals surface area contributed by atoms with Gasteiger partial charge in [-0.1, -0.05) is 0 Å². The normalized spacial score (nSPS) is 0.500. The summed E-state index contributed by atoms with van der Waals surface area (Å²) in [6, 6.07) is 0. The Morgan fingerprint density at radius 2 is 1.00 bits per heavy atom. The Balaban J connectivity index is -0.000000000833. The fourth-order valence-electron chi connectivity index (χ4n) is 0. The fraction of sp³-hybridized carbons (Fsp3) is 0. The molecule has 0 saturated heterocycles. The molecule has 0 aromatic heterocycles. The van der Waals surface area contributed by atoms with Crippen molar-refractivity contribution < 1.29 is 35.2 Å². The summed E-state index contributed by atoms with van der Waals surface area (Å²) in [5, 5.41) is 0. The summed E-state index contributed by atoms with van der Waals surface area (Å²) in [5.74, 6) is 0. The van der Waals surface area contributed by atoms with E-state index in [2.05, 4.69) is 0 Å². The van der Waals surface area contributed by atoms with E-state index in [9.17, 15) is 0 Å². The maximum atomic E-state index is 8.30. The molecule has 0 aliphatic heterocycles. The summed E-state index contributed by atoms with van der Waals surface area (Å²) in [7, 11) is 0. The van der Waals surface area contributed by atoms with Crippen LogP contribution in [0.4, 0.5) is 0 Å². The van der Waals surface area contributed by atoms with Gasteiger partial charge in [-0.3, -0.25) is 0 Å². The predicted octanol–water partition coefficient (Wildman–Crippen LogP) is -3.34. The van der Waals surface area contributed by atoms with Crippen LogP contribution in [0.5, 0.6) is 0 Å². The summed E-state index contributed by atoms with van der Waals surface area (Å²) in [4.78, 5) is 0. The third-order valence-corrected chi connectivity index (χ3v) is 0. The Morgan fingerprint density at radius 1 is 1.00 bits per heavy atom. The van der Waals surface area contributed by atoms with Crippen molar-refractivity contribution in [1.82, 2.24) is 0 Å². The van der Waals surface area contributed by atoms with E-state index in [-0.39, 0.29) is 78.2 Å². The molecule has 0 radical (unpaired) electrons. The molecule has 0 atom stereocenters. The van der Waals surface area contributed by atoms with Gasteiger partial charge >= 0.3 is 91.6 Å². The van der Waals surface area contributed by atoms with Crippen LogP contribution in [0, 0.1) is 0 Å². The van der Waals surface area contributed by atoms with Crippen molar-refractivity contribution in [2.75, 3.05) is 0 Å². The first-order valence-corrected chi connectivity index (χ1v) is 1.08. The summed E-state index contributed by atoms with van der Waals surface area (Å²) in [6.07, 6.45) is 0. The minimum absolute atomic E-state index is 0. The molecule has 0 spiro atoms. The van der Waals surface area contributed by atoms with Crippen molar-refractivity contribution in [1.29, 1.82) is 0 Å². The molecule has 0 amide bonds. The molecule has 0 aliphatic rings. The molecule has 6 heavy (non-hydrogen) atoms. The van der Waals surface area contributed by atoms with Crippen LogP contribution in [0.25, 0.3) is 0 Å². The van der Waals surface area contributed by atoms with Crippen molar-refractivity contribution in [3.8, 4) is 0 Å². The zero-order valence-electron chi connectivity index (χ0n) is 1.86. The van der Waals surface area contributed by atoms with Gasteiger partial charge in [-0.05, 0) is 0 Å². The Labute approximate surface area is 100 Å². The van der Waals surface area contributed by atoms with E-state index >= 15 is 0 Å².